The molecule has 1 saturated carbocycles. The van der Waals surface area contributed by atoms with E-state index >= 15 is 0 Å². The van der Waals surface area contributed by atoms with E-state index in [1.54, 1.807) is 13.2 Å². The second-order valence-corrected chi connectivity index (χ2v) is 7.49. The summed E-state index contributed by atoms with van der Waals surface area (Å²) in [6, 6.07) is 4.51. The number of benzene rings is 1. The molecule has 1 saturated heterocycles. The molecule has 4 nitrogen and oxygen atoms in total. The number of likely N-dealkylation sites (tertiary alicyclic amines) is 1. The first-order valence-electron chi connectivity index (χ1n) is 8.42. The van der Waals surface area contributed by atoms with E-state index in [0.717, 1.165) is 31.6 Å². The molecule has 2 fully saturated rings. The number of phenols is 1. The van der Waals surface area contributed by atoms with E-state index in [4.69, 9.17) is 9.47 Å². The van der Waals surface area contributed by atoms with E-state index in [-0.39, 0.29) is 17.6 Å². The molecule has 3 unspecified atom stereocenters. The Hall–Kier alpha value is -1.26. The first-order valence-corrected chi connectivity index (χ1v) is 8.42. The van der Waals surface area contributed by atoms with Gasteiger partial charge in [-0.1, -0.05) is 6.07 Å². The van der Waals surface area contributed by atoms with Crippen molar-refractivity contribution in [1.29, 1.82) is 0 Å². The van der Waals surface area contributed by atoms with E-state index < -0.39 is 0 Å². The summed E-state index contributed by atoms with van der Waals surface area (Å²) in [5.41, 5.74) is 2.74. The van der Waals surface area contributed by atoms with Gasteiger partial charge in [0.05, 0.1) is 6.10 Å². The van der Waals surface area contributed by atoms with Crippen LogP contribution in [0, 0.1) is 5.92 Å². The monoisotopic (exact) mass is 301 g/mol. The van der Waals surface area contributed by atoms with Crippen molar-refractivity contribution in [2.24, 2.45) is 5.92 Å². The van der Waals surface area contributed by atoms with Crippen LogP contribution in [0.3, 0.4) is 0 Å². The van der Waals surface area contributed by atoms with E-state index in [1.807, 2.05) is 0 Å². The van der Waals surface area contributed by atoms with Gasteiger partial charge >= 0.3 is 0 Å². The lowest BCUT2D eigenvalue weighted by molar-refractivity contribution is -0.111. The van der Waals surface area contributed by atoms with Gasteiger partial charge in [-0.25, -0.2) is 0 Å². The molecule has 1 aromatic rings. The molecule has 5 atom stereocenters. The Balaban J connectivity index is 1.78. The number of hydrogen-bond acceptors (Lipinski definition) is 4. The summed E-state index contributed by atoms with van der Waals surface area (Å²) in [5.74, 6) is 1.67. The average molecular weight is 301 g/mol. The Bertz CT molecular complexity index is 645. The number of hydrogen-bond donors (Lipinski definition) is 1. The van der Waals surface area contributed by atoms with E-state index in [0.29, 0.717) is 17.7 Å². The van der Waals surface area contributed by atoms with Gasteiger partial charge in [0.1, 0.15) is 6.10 Å². The minimum Gasteiger partial charge on any atom is -0.504 e. The van der Waals surface area contributed by atoms with Gasteiger partial charge in [0.15, 0.2) is 11.5 Å². The third kappa shape index (κ3) is 1.32. The molecule has 1 aromatic carbocycles. The molecule has 2 aliphatic heterocycles. The maximum absolute atomic E-state index is 10.3. The highest BCUT2D eigenvalue weighted by Crippen LogP contribution is 2.63. The molecule has 2 aliphatic carbocycles. The van der Waals surface area contributed by atoms with Crippen LogP contribution in [0.5, 0.6) is 11.5 Å². The fourth-order valence-corrected chi connectivity index (χ4v) is 5.93. The highest BCUT2D eigenvalue weighted by Gasteiger charge is 2.65. The summed E-state index contributed by atoms with van der Waals surface area (Å²) in [7, 11) is 4.06. The van der Waals surface area contributed by atoms with Crippen molar-refractivity contribution < 1.29 is 14.6 Å². The summed E-state index contributed by atoms with van der Waals surface area (Å²) >= 11 is 0. The summed E-state index contributed by atoms with van der Waals surface area (Å²) in [5, 5.41) is 10.3. The first kappa shape index (κ1) is 13.2. The molecule has 0 aromatic heterocycles. The maximum Gasteiger partial charge on any atom is 0.165 e. The fraction of sp³-hybridized carbons (Fsp3) is 0.667. The summed E-state index contributed by atoms with van der Waals surface area (Å²) in [6.07, 6.45) is 4.65. The Morgan fingerprint density at radius 3 is 3.05 bits per heavy atom. The van der Waals surface area contributed by atoms with Gasteiger partial charge in [0.2, 0.25) is 0 Å². The zero-order valence-electron chi connectivity index (χ0n) is 13.2. The third-order valence-corrected chi connectivity index (χ3v) is 6.84. The number of ether oxygens (including phenoxy) is 2. The summed E-state index contributed by atoms with van der Waals surface area (Å²) < 4.78 is 12.1. The molecule has 0 amide bonds. The molecule has 118 valence electrons. The van der Waals surface area contributed by atoms with Crippen molar-refractivity contribution >= 4 is 0 Å². The standard InChI is InChI=1S/C18H23NO3/c1-19-8-7-18-11-4-6-14(21-2)17(18)22-16-13(20)5-3-10(15(16)18)9-12(11)19/h3,5,11-12,14,17,20H,4,6-9H2,1-2H3/t11?,12-,14?,17?,18+/m1/s1. The molecule has 0 radical (unpaired) electrons. The fourth-order valence-electron chi connectivity index (χ4n) is 5.93. The molecule has 4 heteroatoms. The van der Waals surface area contributed by atoms with Crippen molar-refractivity contribution in [3.05, 3.63) is 23.3 Å². The molecular weight excluding hydrogens is 278 g/mol. The molecule has 5 rings (SSSR count). The van der Waals surface area contributed by atoms with Crippen LogP contribution in [0.15, 0.2) is 12.1 Å². The van der Waals surface area contributed by atoms with E-state index in [9.17, 15) is 5.11 Å². The lowest BCUT2D eigenvalue weighted by Gasteiger charge is -2.58. The van der Waals surface area contributed by atoms with Gasteiger partial charge in [-0.05, 0) is 56.8 Å². The van der Waals surface area contributed by atoms with Gasteiger partial charge < -0.3 is 19.5 Å². The topological polar surface area (TPSA) is 41.9 Å². The Kier molecular flexibility index (Phi) is 2.51. The van der Waals surface area contributed by atoms with Crippen molar-refractivity contribution in [2.75, 3.05) is 20.7 Å². The van der Waals surface area contributed by atoms with Crippen LogP contribution in [-0.4, -0.2) is 49.0 Å². The maximum atomic E-state index is 10.3. The van der Waals surface area contributed by atoms with Crippen molar-refractivity contribution in [3.63, 3.8) is 0 Å². The van der Waals surface area contributed by atoms with Crippen LogP contribution in [0.2, 0.25) is 0 Å². The molecule has 1 N–H and O–H groups in total. The number of likely N-dealkylation sites (N-methyl/N-ethyl adjacent to an activating group) is 1. The van der Waals surface area contributed by atoms with E-state index in [1.165, 1.54) is 17.5 Å². The van der Waals surface area contributed by atoms with Gasteiger partial charge in [-0.2, -0.15) is 0 Å². The van der Waals surface area contributed by atoms with Gasteiger partial charge in [-0.3, -0.25) is 0 Å². The summed E-state index contributed by atoms with van der Waals surface area (Å²) in [6.45, 7) is 1.10. The largest absolute Gasteiger partial charge is 0.504 e. The number of phenolic OH excluding ortho intramolecular Hbond substituents is 1. The Morgan fingerprint density at radius 1 is 1.36 bits per heavy atom. The molecule has 4 aliphatic rings. The normalized spacial score (nSPS) is 41.9. The van der Waals surface area contributed by atoms with Crippen LogP contribution < -0.4 is 4.74 Å². The quantitative estimate of drug-likeness (QED) is 0.862. The van der Waals surface area contributed by atoms with Crippen molar-refractivity contribution in [1.82, 2.24) is 4.90 Å². The molecule has 2 bridgehead atoms. The molecule has 2 heterocycles. The number of piperidine rings is 1. The zero-order chi connectivity index (χ0) is 15.1. The minimum absolute atomic E-state index is 0.0533. The first-order chi connectivity index (χ1) is 10.7. The van der Waals surface area contributed by atoms with Crippen LogP contribution in [0.1, 0.15) is 30.4 Å². The third-order valence-electron chi connectivity index (χ3n) is 6.84. The molecular formula is C18H23NO3. The van der Waals surface area contributed by atoms with Crippen LogP contribution in [-0.2, 0) is 16.6 Å². The smallest absolute Gasteiger partial charge is 0.165 e. The zero-order valence-corrected chi connectivity index (χ0v) is 13.2. The van der Waals surface area contributed by atoms with Crippen molar-refractivity contribution in [2.45, 2.75) is 49.3 Å². The van der Waals surface area contributed by atoms with Gasteiger partial charge in [-0.15, -0.1) is 0 Å². The Morgan fingerprint density at radius 2 is 2.23 bits per heavy atom. The average Bonchev–Trinajstić information content (AvgIpc) is 2.88. The number of aromatic hydroxyl groups is 1. The van der Waals surface area contributed by atoms with Crippen molar-refractivity contribution in [3.8, 4) is 11.5 Å². The van der Waals surface area contributed by atoms with Gasteiger partial charge in [0.25, 0.3) is 0 Å². The number of nitrogens with zero attached hydrogens (tertiary/aromatic N) is 1. The SMILES string of the molecule is COC1CCC2[C@H]3Cc4ccc(O)c5c4[C@@]2(CCN3C)C1O5. The second kappa shape index (κ2) is 4.18. The van der Waals surface area contributed by atoms with Crippen LogP contribution >= 0.6 is 0 Å². The lowest BCUT2D eigenvalue weighted by Crippen LogP contribution is -2.66. The lowest BCUT2D eigenvalue weighted by atomic mass is 9.51. The number of methoxy groups -OCH3 is 1. The predicted molar refractivity (Wildman–Crippen MR) is 82.5 cm³/mol. The highest BCUT2D eigenvalue weighted by molar-refractivity contribution is 5.60. The highest BCUT2D eigenvalue weighted by atomic mass is 16.5. The minimum atomic E-state index is 0.0533. The molecule has 1 spiro atoms. The van der Waals surface area contributed by atoms with Crippen LogP contribution in [0.25, 0.3) is 0 Å². The number of rotatable bonds is 1. The summed E-state index contributed by atoms with van der Waals surface area (Å²) in [4.78, 5) is 2.54. The van der Waals surface area contributed by atoms with E-state index in [2.05, 4.69) is 18.0 Å². The second-order valence-electron chi connectivity index (χ2n) is 7.49. The predicted octanol–water partition coefficient (Wildman–Crippen LogP) is 2.08. The molecule has 22 heavy (non-hydrogen) atoms. The van der Waals surface area contributed by atoms with Crippen LogP contribution in [0.4, 0.5) is 0 Å². The van der Waals surface area contributed by atoms with Gasteiger partial charge in [0, 0.05) is 24.1 Å². The Labute approximate surface area is 131 Å².